The largest absolute Gasteiger partial charge is 0.368 e. The van der Waals surface area contributed by atoms with Crippen molar-refractivity contribution in [3.05, 3.63) is 17.8 Å². The molecule has 0 radical (unpaired) electrons. The minimum Gasteiger partial charge on any atom is -0.368 e. The van der Waals surface area contributed by atoms with Gasteiger partial charge in [0.05, 0.1) is 0 Å². The Labute approximate surface area is 77.9 Å². The van der Waals surface area contributed by atoms with Crippen LogP contribution in [0, 0.1) is 0 Å². The second-order valence-corrected chi connectivity index (χ2v) is 3.00. The standard InChI is InChI=1S/C6H6N6S/c7-5-8-2-1-4(10-5)11-6-12-9-3-13-6/h1-3H,(H3,7,8,10,11,12). The molecule has 0 saturated carbocycles. The number of hydrogen-bond donors (Lipinski definition) is 2. The van der Waals surface area contributed by atoms with Crippen LogP contribution in [0.15, 0.2) is 17.8 Å². The Morgan fingerprint density at radius 1 is 1.46 bits per heavy atom. The lowest BCUT2D eigenvalue weighted by Crippen LogP contribution is -1.98. The molecule has 0 saturated heterocycles. The summed E-state index contributed by atoms with van der Waals surface area (Å²) < 4.78 is 0. The highest BCUT2D eigenvalue weighted by Crippen LogP contribution is 2.14. The summed E-state index contributed by atoms with van der Waals surface area (Å²) >= 11 is 1.39. The van der Waals surface area contributed by atoms with Crippen LogP contribution in [0.3, 0.4) is 0 Å². The third kappa shape index (κ3) is 1.88. The number of rotatable bonds is 2. The van der Waals surface area contributed by atoms with Gasteiger partial charge in [-0.2, -0.15) is 4.98 Å². The lowest BCUT2D eigenvalue weighted by molar-refractivity contribution is 1.09. The lowest BCUT2D eigenvalue weighted by atomic mass is 10.6. The molecule has 6 nitrogen and oxygen atoms in total. The highest BCUT2D eigenvalue weighted by molar-refractivity contribution is 7.13. The van der Waals surface area contributed by atoms with Crippen molar-refractivity contribution in [1.82, 2.24) is 20.2 Å². The Morgan fingerprint density at radius 2 is 2.38 bits per heavy atom. The van der Waals surface area contributed by atoms with Gasteiger partial charge in [0.15, 0.2) is 0 Å². The monoisotopic (exact) mass is 194 g/mol. The van der Waals surface area contributed by atoms with Gasteiger partial charge >= 0.3 is 0 Å². The molecule has 0 aliphatic rings. The van der Waals surface area contributed by atoms with Crippen LogP contribution in [-0.4, -0.2) is 20.2 Å². The third-order valence-corrected chi connectivity index (χ3v) is 1.88. The predicted molar refractivity (Wildman–Crippen MR) is 49.6 cm³/mol. The highest BCUT2D eigenvalue weighted by Gasteiger charge is 1.98. The zero-order valence-corrected chi connectivity index (χ0v) is 7.32. The van der Waals surface area contributed by atoms with Gasteiger partial charge in [-0.05, 0) is 6.07 Å². The number of nitrogens with one attached hydrogen (secondary N) is 1. The molecule has 0 atom stereocenters. The normalized spacial score (nSPS) is 9.85. The second kappa shape index (κ2) is 3.31. The number of nitrogens with two attached hydrogens (primary N) is 1. The van der Waals surface area contributed by atoms with Crippen molar-refractivity contribution in [2.45, 2.75) is 0 Å². The van der Waals surface area contributed by atoms with E-state index in [9.17, 15) is 0 Å². The zero-order valence-electron chi connectivity index (χ0n) is 6.51. The van der Waals surface area contributed by atoms with Crippen LogP contribution in [0.2, 0.25) is 0 Å². The first-order valence-electron chi connectivity index (χ1n) is 3.46. The van der Waals surface area contributed by atoms with Crippen LogP contribution < -0.4 is 11.1 Å². The van der Waals surface area contributed by atoms with E-state index in [4.69, 9.17) is 5.73 Å². The molecule has 13 heavy (non-hydrogen) atoms. The fourth-order valence-corrected chi connectivity index (χ4v) is 1.23. The topological polar surface area (TPSA) is 89.6 Å². The van der Waals surface area contributed by atoms with Crippen LogP contribution in [0.1, 0.15) is 0 Å². The maximum Gasteiger partial charge on any atom is 0.221 e. The lowest BCUT2D eigenvalue weighted by Gasteiger charge is -1.99. The second-order valence-electron chi connectivity index (χ2n) is 2.17. The first kappa shape index (κ1) is 7.87. The molecule has 0 fully saturated rings. The zero-order chi connectivity index (χ0) is 9.10. The van der Waals surface area contributed by atoms with Crippen molar-refractivity contribution >= 4 is 28.2 Å². The van der Waals surface area contributed by atoms with E-state index in [-0.39, 0.29) is 5.95 Å². The first-order valence-corrected chi connectivity index (χ1v) is 4.34. The minimum absolute atomic E-state index is 0.231. The van der Waals surface area contributed by atoms with Gasteiger partial charge in [-0.3, -0.25) is 0 Å². The van der Waals surface area contributed by atoms with Crippen molar-refractivity contribution in [3.63, 3.8) is 0 Å². The molecule has 0 bridgehead atoms. The van der Waals surface area contributed by atoms with Gasteiger partial charge in [-0.1, -0.05) is 11.3 Å². The van der Waals surface area contributed by atoms with Crippen LogP contribution in [0.4, 0.5) is 16.9 Å². The third-order valence-electron chi connectivity index (χ3n) is 1.27. The Hall–Kier alpha value is -1.76. The summed E-state index contributed by atoms with van der Waals surface area (Å²) in [5.74, 6) is 0.846. The summed E-state index contributed by atoms with van der Waals surface area (Å²) in [6, 6.07) is 1.71. The summed E-state index contributed by atoms with van der Waals surface area (Å²) in [6.07, 6.45) is 1.58. The molecule has 0 aliphatic carbocycles. The fraction of sp³-hybridized carbons (Fsp3) is 0. The number of hydrogen-bond acceptors (Lipinski definition) is 7. The molecular formula is C6H6N6S. The molecular weight excluding hydrogens is 188 g/mol. The van der Waals surface area contributed by atoms with Gasteiger partial charge in [0.2, 0.25) is 11.1 Å². The fourth-order valence-electron chi connectivity index (χ4n) is 0.780. The van der Waals surface area contributed by atoms with Gasteiger partial charge in [-0.25, -0.2) is 4.98 Å². The quantitative estimate of drug-likeness (QED) is 0.729. The van der Waals surface area contributed by atoms with Crippen LogP contribution in [0.25, 0.3) is 0 Å². The molecule has 3 N–H and O–H groups in total. The Balaban J connectivity index is 2.19. The van der Waals surface area contributed by atoms with E-state index >= 15 is 0 Å². The maximum atomic E-state index is 5.39. The summed E-state index contributed by atoms with van der Waals surface area (Å²) in [5, 5.41) is 11.1. The van der Waals surface area contributed by atoms with Gasteiger partial charge in [0.1, 0.15) is 11.3 Å². The average molecular weight is 194 g/mol. The van der Waals surface area contributed by atoms with E-state index in [1.165, 1.54) is 11.3 Å². The summed E-state index contributed by atoms with van der Waals surface area (Å²) in [5.41, 5.74) is 7.02. The number of aromatic nitrogens is 4. The van der Waals surface area contributed by atoms with E-state index in [1.807, 2.05) is 0 Å². The van der Waals surface area contributed by atoms with E-state index in [1.54, 1.807) is 17.8 Å². The Morgan fingerprint density at radius 3 is 3.08 bits per heavy atom. The highest BCUT2D eigenvalue weighted by atomic mass is 32.1. The van der Waals surface area contributed by atoms with Crippen molar-refractivity contribution in [1.29, 1.82) is 0 Å². The minimum atomic E-state index is 0.231. The van der Waals surface area contributed by atoms with Crippen molar-refractivity contribution in [2.75, 3.05) is 11.1 Å². The number of nitrogens with zero attached hydrogens (tertiary/aromatic N) is 4. The molecule has 2 aromatic rings. The molecule has 0 amide bonds. The summed E-state index contributed by atoms with van der Waals surface area (Å²) in [7, 11) is 0. The molecule has 66 valence electrons. The van der Waals surface area contributed by atoms with Crippen molar-refractivity contribution in [2.24, 2.45) is 0 Å². The molecule has 0 spiro atoms. The summed E-state index contributed by atoms with van der Waals surface area (Å²) in [4.78, 5) is 7.71. The molecule has 7 heteroatoms. The van der Waals surface area contributed by atoms with Crippen LogP contribution >= 0.6 is 11.3 Å². The molecule has 0 aliphatic heterocycles. The smallest absolute Gasteiger partial charge is 0.221 e. The van der Waals surface area contributed by atoms with E-state index < -0.39 is 0 Å². The van der Waals surface area contributed by atoms with Gasteiger partial charge in [-0.15, -0.1) is 10.2 Å². The van der Waals surface area contributed by atoms with E-state index in [0.29, 0.717) is 10.9 Å². The van der Waals surface area contributed by atoms with Gasteiger partial charge < -0.3 is 11.1 Å². The SMILES string of the molecule is Nc1nccc(Nc2nncs2)n1. The van der Waals surface area contributed by atoms with Gasteiger partial charge in [0, 0.05) is 6.20 Å². The Kier molecular flexibility index (Phi) is 2.01. The van der Waals surface area contributed by atoms with Crippen molar-refractivity contribution in [3.8, 4) is 0 Å². The number of nitrogen functional groups attached to an aromatic ring is 1. The average Bonchev–Trinajstić information content (AvgIpc) is 2.57. The first-order chi connectivity index (χ1) is 6.34. The van der Waals surface area contributed by atoms with E-state index in [2.05, 4.69) is 25.5 Å². The van der Waals surface area contributed by atoms with Crippen molar-refractivity contribution < 1.29 is 0 Å². The van der Waals surface area contributed by atoms with E-state index in [0.717, 1.165) is 0 Å². The van der Waals surface area contributed by atoms with Crippen LogP contribution in [-0.2, 0) is 0 Å². The molecule has 2 aromatic heterocycles. The molecule has 2 rings (SSSR count). The molecule has 2 heterocycles. The maximum absolute atomic E-state index is 5.39. The number of anilines is 3. The predicted octanol–water partition coefficient (Wildman–Crippen LogP) is 0.654. The van der Waals surface area contributed by atoms with Gasteiger partial charge in [0.25, 0.3) is 0 Å². The van der Waals surface area contributed by atoms with Crippen LogP contribution in [0.5, 0.6) is 0 Å². The molecule has 0 aromatic carbocycles. The molecule has 0 unspecified atom stereocenters. The Bertz CT molecular complexity index is 386. The summed E-state index contributed by atoms with van der Waals surface area (Å²) in [6.45, 7) is 0.